The number of nitrogen functional groups attached to an aromatic ring is 1. The first-order chi connectivity index (χ1) is 4.34. The van der Waals surface area contributed by atoms with E-state index < -0.39 is 0 Å². The second kappa shape index (κ2) is 2.97. The number of nitrogens with zero attached hydrogens (tertiary/aromatic N) is 1. The Morgan fingerprint density at radius 1 is 1.33 bits per heavy atom. The van der Waals surface area contributed by atoms with Crippen LogP contribution in [0.4, 0.5) is 11.4 Å². The van der Waals surface area contributed by atoms with Crippen molar-refractivity contribution in [3.8, 4) is 0 Å². The van der Waals surface area contributed by atoms with E-state index in [0.717, 1.165) is 11.4 Å². The zero-order valence-corrected chi connectivity index (χ0v) is 7.33. The summed E-state index contributed by atoms with van der Waals surface area (Å²) < 4.78 is 4.00. The predicted molar refractivity (Wildman–Crippen MR) is 38.7 cm³/mol. The number of nitrogens with two attached hydrogens (primary N) is 1. The van der Waals surface area contributed by atoms with Crippen molar-refractivity contribution in [3.05, 3.63) is 24.3 Å². The normalized spacial score (nSPS) is 8.89. The number of hydrogen-bond acceptors (Lipinski definition) is 2. The van der Waals surface area contributed by atoms with Crippen molar-refractivity contribution in [2.75, 3.05) is 5.73 Å². The molecule has 1 rings (SSSR count). The van der Waals surface area contributed by atoms with Crippen molar-refractivity contribution in [1.29, 1.82) is 0 Å². The molecule has 0 fully saturated rings. The second-order valence-corrected chi connectivity index (χ2v) is 2.23. The van der Waals surface area contributed by atoms with Gasteiger partial charge in [0.05, 0.1) is 0 Å². The summed E-state index contributed by atoms with van der Waals surface area (Å²) >= 11 is 1.40. The van der Waals surface area contributed by atoms with E-state index in [4.69, 9.17) is 5.73 Å². The summed E-state index contributed by atoms with van der Waals surface area (Å²) in [5.74, 6) is 0. The molecular formula is C6H6N2Sb. The molecule has 1 aromatic carbocycles. The predicted octanol–water partition coefficient (Wildman–Crippen LogP) is 1.25. The van der Waals surface area contributed by atoms with E-state index in [1.807, 2.05) is 24.3 Å². The Balaban J connectivity index is 3.15. The molecule has 9 heavy (non-hydrogen) atoms. The first-order valence-corrected chi connectivity index (χ1v) is 3.68. The molecular weight excluding hydrogens is 222 g/mol. The fraction of sp³-hybridized carbons (Fsp3) is 0. The average Bonchev–Trinajstić information content (AvgIpc) is 1.89. The van der Waals surface area contributed by atoms with Gasteiger partial charge in [-0.1, -0.05) is 0 Å². The Kier molecular flexibility index (Phi) is 2.23. The molecule has 0 bridgehead atoms. The molecule has 2 nitrogen and oxygen atoms in total. The van der Waals surface area contributed by atoms with E-state index in [1.54, 1.807) is 0 Å². The van der Waals surface area contributed by atoms with Crippen LogP contribution in [0.15, 0.2) is 27.4 Å². The Hall–Kier alpha value is -0.362. The van der Waals surface area contributed by atoms with Gasteiger partial charge in [0, 0.05) is 0 Å². The number of hydrogen-bond donors (Lipinski definition) is 1. The van der Waals surface area contributed by atoms with Crippen LogP contribution in [0, 0.1) is 0 Å². The molecule has 45 valence electrons. The number of rotatable bonds is 1. The van der Waals surface area contributed by atoms with Gasteiger partial charge in [-0.15, -0.1) is 0 Å². The van der Waals surface area contributed by atoms with E-state index in [1.165, 1.54) is 22.9 Å². The molecule has 0 atom stereocenters. The second-order valence-electron chi connectivity index (χ2n) is 1.66. The minimum absolute atomic E-state index is 0.749. The first-order valence-electron chi connectivity index (χ1n) is 2.54. The van der Waals surface area contributed by atoms with E-state index in [2.05, 4.69) is 3.09 Å². The Morgan fingerprint density at radius 3 is 2.44 bits per heavy atom. The van der Waals surface area contributed by atoms with Crippen LogP contribution in [-0.4, -0.2) is 22.9 Å². The zero-order valence-electron chi connectivity index (χ0n) is 4.78. The van der Waals surface area contributed by atoms with Gasteiger partial charge in [-0.05, 0) is 0 Å². The van der Waals surface area contributed by atoms with Crippen LogP contribution in [0.1, 0.15) is 0 Å². The van der Waals surface area contributed by atoms with E-state index in [0.29, 0.717) is 0 Å². The molecule has 0 amide bonds. The topological polar surface area (TPSA) is 38.4 Å². The summed E-state index contributed by atoms with van der Waals surface area (Å²) in [7, 11) is 0. The van der Waals surface area contributed by atoms with Gasteiger partial charge in [0.2, 0.25) is 0 Å². The van der Waals surface area contributed by atoms with Crippen LogP contribution in [0.25, 0.3) is 0 Å². The molecule has 3 heteroatoms. The SMILES string of the molecule is Nc1ccccc1[N]=[Sb]. The monoisotopic (exact) mass is 227 g/mol. The van der Waals surface area contributed by atoms with Gasteiger partial charge in [-0.2, -0.15) is 0 Å². The standard InChI is InChI=1S/C6H6N2.Sb/c7-5-3-1-2-4-6(5)8;/h1-4H,7H2;. The maximum atomic E-state index is 5.55. The molecule has 0 aromatic heterocycles. The van der Waals surface area contributed by atoms with Gasteiger partial charge in [0.15, 0.2) is 0 Å². The van der Waals surface area contributed by atoms with Crippen LogP contribution in [0.2, 0.25) is 0 Å². The summed E-state index contributed by atoms with van der Waals surface area (Å²) in [6, 6.07) is 7.56. The van der Waals surface area contributed by atoms with Crippen molar-refractivity contribution >= 4 is 34.2 Å². The molecule has 0 aliphatic heterocycles. The summed E-state index contributed by atoms with van der Waals surface area (Å²) in [6.07, 6.45) is 0. The number of benzene rings is 1. The molecule has 0 aliphatic rings. The first kappa shape index (κ1) is 6.75. The van der Waals surface area contributed by atoms with Crippen molar-refractivity contribution in [1.82, 2.24) is 0 Å². The molecule has 1 radical (unpaired) electrons. The number of para-hydroxylation sites is 1. The molecule has 0 saturated carbocycles. The van der Waals surface area contributed by atoms with E-state index in [9.17, 15) is 0 Å². The minimum atomic E-state index is 0.749. The summed E-state index contributed by atoms with van der Waals surface area (Å²) in [5.41, 5.74) is 7.17. The van der Waals surface area contributed by atoms with Crippen molar-refractivity contribution in [3.63, 3.8) is 0 Å². The fourth-order valence-corrected chi connectivity index (χ4v) is 1.10. The van der Waals surface area contributed by atoms with Crippen molar-refractivity contribution in [2.45, 2.75) is 0 Å². The Labute approximate surface area is 67.5 Å². The van der Waals surface area contributed by atoms with Crippen LogP contribution < -0.4 is 5.73 Å². The fourth-order valence-electron chi connectivity index (χ4n) is 0.579. The van der Waals surface area contributed by atoms with Gasteiger partial charge in [-0.3, -0.25) is 0 Å². The molecule has 0 spiro atoms. The van der Waals surface area contributed by atoms with Crippen LogP contribution in [0.5, 0.6) is 0 Å². The summed E-state index contributed by atoms with van der Waals surface area (Å²) in [4.78, 5) is 0. The third kappa shape index (κ3) is 1.52. The van der Waals surface area contributed by atoms with Gasteiger partial charge < -0.3 is 0 Å². The molecule has 0 aliphatic carbocycles. The van der Waals surface area contributed by atoms with E-state index >= 15 is 0 Å². The van der Waals surface area contributed by atoms with Gasteiger partial charge in [0.1, 0.15) is 0 Å². The Bertz CT molecular complexity index is 222. The quantitative estimate of drug-likeness (QED) is 0.570. The molecule has 0 unspecified atom stereocenters. The van der Waals surface area contributed by atoms with Crippen LogP contribution >= 0.6 is 0 Å². The van der Waals surface area contributed by atoms with Crippen LogP contribution in [0.3, 0.4) is 0 Å². The molecule has 1 aromatic rings. The van der Waals surface area contributed by atoms with E-state index in [-0.39, 0.29) is 0 Å². The van der Waals surface area contributed by atoms with Gasteiger partial charge in [0.25, 0.3) is 0 Å². The average molecular weight is 228 g/mol. The van der Waals surface area contributed by atoms with Crippen molar-refractivity contribution in [2.24, 2.45) is 3.09 Å². The van der Waals surface area contributed by atoms with Crippen molar-refractivity contribution < 1.29 is 0 Å². The Morgan fingerprint density at radius 2 is 2.00 bits per heavy atom. The summed E-state index contributed by atoms with van der Waals surface area (Å²) in [6.45, 7) is 0. The molecule has 0 saturated heterocycles. The third-order valence-electron chi connectivity index (χ3n) is 1.04. The number of anilines is 1. The third-order valence-corrected chi connectivity index (χ3v) is 1.66. The molecule has 2 N–H and O–H groups in total. The maximum absolute atomic E-state index is 5.55. The summed E-state index contributed by atoms with van der Waals surface area (Å²) in [5, 5.41) is 0. The zero-order chi connectivity index (χ0) is 6.69. The van der Waals surface area contributed by atoms with Gasteiger partial charge in [-0.25, -0.2) is 0 Å². The van der Waals surface area contributed by atoms with Crippen LogP contribution in [-0.2, 0) is 0 Å². The molecule has 0 heterocycles. The van der Waals surface area contributed by atoms with Gasteiger partial charge >= 0.3 is 67.3 Å².